The number of amides is 1. The van der Waals surface area contributed by atoms with Crippen LogP contribution in [0.25, 0.3) is 0 Å². The van der Waals surface area contributed by atoms with Crippen molar-refractivity contribution in [3.8, 4) is 0 Å². The van der Waals surface area contributed by atoms with Crippen LogP contribution < -0.4 is 11.1 Å². The number of nitrogens with two attached hydrogens (primary N) is 1. The van der Waals surface area contributed by atoms with Crippen molar-refractivity contribution in [1.29, 1.82) is 0 Å². The van der Waals surface area contributed by atoms with Crippen LogP contribution in [0.2, 0.25) is 0 Å². The molecule has 8 nitrogen and oxygen atoms in total. The van der Waals surface area contributed by atoms with E-state index in [4.69, 9.17) is 10.5 Å². The summed E-state index contributed by atoms with van der Waals surface area (Å²) in [5.74, 6) is 0.622. The first kappa shape index (κ1) is 25.9. The van der Waals surface area contributed by atoms with Gasteiger partial charge in [0.1, 0.15) is 0 Å². The second kappa shape index (κ2) is 14.0. The number of rotatable bonds is 8. The number of aliphatic imine (C=N–C) groups is 1. The van der Waals surface area contributed by atoms with Gasteiger partial charge in [0.15, 0.2) is 5.96 Å². The molecule has 9 heteroatoms. The predicted molar refractivity (Wildman–Crippen MR) is 125 cm³/mol. The fourth-order valence-corrected chi connectivity index (χ4v) is 4.06. The number of unbranched alkanes of at least 4 members (excludes halogenated alkanes) is 1. The molecule has 0 radical (unpaired) electrons. The van der Waals surface area contributed by atoms with Gasteiger partial charge in [-0.05, 0) is 65.1 Å². The van der Waals surface area contributed by atoms with E-state index in [0.717, 1.165) is 77.2 Å². The number of hydrogen-bond acceptors (Lipinski definition) is 5. The zero-order chi connectivity index (χ0) is 20.4. The maximum atomic E-state index is 12.0. The highest BCUT2D eigenvalue weighted by Gasteiger charge is 2.28. The molecule has 2 aliphatic rings. The minimum absolute atomic E-state index is 0. The molecule has 2 rings (SSSR count). The Morgan fingerprint density at radius 3 is 2.48 bits per heavy atom. The number of primary amides is 1. The molecule has 3 N–H and O–H groups in total. The number of halogens is 1. The summed E-state index contributed by atoms with van der Waals surface area (Å²) in [4.78, 5) is 32.2. The van der Waals surface area contributed by atoms with Crippen molar-refractivity contribution >= 4 is 41.8 Å². The molecule has 29 heavy (non-hydrogen) atoms. The molecule has 2 aliphatic heterocycles. The third-order valence-corrected chi connectivity index (χ3v) is 5.73. The topological polar surface area (TPSA) is 100 Å². The highest BCUT2D eigenvalue weighted by Crippen LogP contribution is 2.18. The van der Waals surface area contributed by atoms with Gasteiger partial charge < -0.3 is 25.6 Å². The van der Waals surface area contributed by atoms with Crippen molar-refractivity contribution < 1.29 is 14.3 Å². The monoisotopic (exact) mass is 523 g/mol. The van der Waals surface area contributed by atoms with Gasteiger partial charge in [-0.2, -0.15) is 0 Å². The summed E-state index contributed by atoms with van der Waals surface area (Å²) >= 11 is 0. The van der Waals surface area contributed by atoms with E-state index in [1.807, 2.05) is 6.92 Å². The van der Waals surface area contributed by atoms with Crippen LogP contribution in [0.15, 0.2) is 4.99 Å². The summed E-state index contributed by atoms with van der Waals surface area (Å²) in [7, 11) is 1.79. The third-order valence-electron chi connectivity index (χ3n) is 5.73. The van der Waals surface area contributed by atoms with Crippen molar-refractivity contribution in [3.63, 3.8) is 0 Å². The molecule has 0 aromatic carbocycles. The van der Waals surface area contributed by atoms with E-state index < -0.39 is 0 Å². The molecule has 1 atom stereocenters. The average molecular weight is 523 g/mol. The SMILES string of the molecule is CCOC(=O)C1CCCN(C(=NC)NCCCCN2CCC(C(N)=O)CC2)C1.I. The first-order valence-corrected chi connectivity index (χ1v) is 10.7. The van der Waals surface area contributed by atoms with E-state index in [2.05, 4.69) is 20.1 Å². The minimum Gasteiger partial charge on any atom is -0.466 e. The van der Waals surface area contributed by atoms with Crippen LogP contribution in [0.5, 0.6) is 0 Å². The van der Waals surface area contributed by atoms with Gasteiger partial charge in [0.25, 0.3) is 0 Å². The molecule has 0 bridgehead atoms. The number of carbonyl (C=O) groups is 2. The molecule has 2 saturated heterocycles. The fourth-order valence-electron chi connectivity index (χ4n) is 4.06. The number of nitrogens with zero attached hydrogens (tertiary/aromatic N) is 3. The van der Waals surface area contributed by atoms with E-state index in [1.54, 1.807) is 7.05 Å². The Kier molecular flexibility index (Phi) is 12.5. The van der Waals surface area contributed by atoms with Crippen LogP contribution in [0.3, 0.4) is 0 Å². The second-order valence-corrected chi connectivity index (χ2v) is 7.74. The highest BCUT2D eigenvalue weighted by molar-refractivity contribution is 14.0. The molecule has 1 unspecified atom stereocenters. The van der Waals surface area contributed by atoms with Crippen molar-refractivity contribution in [3.05, 3.63) is 0 Å². The maximum absolute atomic E-state index is 12.0. The fraction of sp³-hybridized carbons (Fsp3) is 0.850. The van der Waals surface area contributed by atoms with Crippen LogP contribution in [0.1, 0.15) is 45.4 Å². The number of guanidine groups is 1. The number of carbonyl (C=O) groups excluding carboxylic acids is 2. The van der Waals surface area contributed by atoms with Crippen molar-refractivity contribution in [2.24, 2.45) is 22.6 Å². The molecular formula is C20H38IN5O3. The summed E-state index contributed by atoms with van der Waals surface area (Å²) in [6, 6.07) is 0. The van der Waals surface area contributed by atoms with Gasteiger partial charge in [-0.1, -0.05) is 0 Å². The van der Waals surface area contributed by atoms with Crippen LogP contribution >= 0.6 is 24.0 Å². The summed E-state index contributed by atoms with van der Waals surface area (Å²) < 4.78 is 5.18. The quantitative estimate of drug-likeness (QED) is 0.164. The average Bonchev–Trinajstić information content (AvgIpc) is 2.71. The van der Waals surface area contributed by atoms with Crippen LogP contribution in [0.4, 0.5) is 0 Å². The number of ether oxygens (including phenoxy) is 1. The van der Waals surface area contributed by atoms with Gasteiger partial charge in [-0.25, -0.2) is 0 Å². The van der Waals surface area contributed by atoms with Gasteiger partial charge in [0.05, 0.1) is 12.5 Å². The first-order chi connectivity index (χ1) is 13.5. The summed E-state index contributed by atoms with van der Waals surface area (Å²) in [6.07, 6.45) is 5.80. The van der Waals surface area contributed by atoms with Crippen LogP contribution in [-0.4, -0.2) is 80.6 Å². The van der Waals surface area contributed by atoms with Crippen molar-refractivity contribution in [2.75, 3.05) is 52.9 Å². The Balaban J connectivity index is 0.00000420. The lowest BCUT2D eigenvalue weighted by Gasteiger charge is -2.34. The molecular weight excluding hydrogens is 485 g/mol. The van der Waals surface area contributed by atoms with E-state index in [1.165, 1.54) is 0 Å². The molecule has 0 spiro atoms. The molecule has 0 aromatic heterocycles. The molecule has 2 heterocycles. The Hall–Kier alpha value is -1.10. The number of nitrogens with one attached hydrogen (secondary N) is 1. The predicted octanol–water partition coefficient (Wildman–Crippen LogP) is 1.43. The van der Waals surface area contributed by atoms with Gasteiger partial charge in [-0.3, -0.25) is 14.6 Å². The lowest BCUT2D eigenvalue weighted by Crippen LogP contribution is -2.48. The summed E-state index contributed by atoms with van der Waals surface area (Å²) in [6.45, 7) is 7.72. The van der Waals surface area contributed by atoms with Crippen molar-refractivity contribution in [2.45, 2.75) is 45.4 Å². The standard InChI is InChI=1S/C20H37N5O3.HI/c1-3-28-19(27)17-7-6-12-25(15-17)20(22-2)23-10-4-5-11-24-13-8-16(9-14-24)18(21)26;/h16-17H,3-15H2,1-2H3,(H2,21,26)(H,22,23);1H. The molecule has 168 valence electrons. The number of likely N-dealkylation sites (tertiary alicyclic amines) is 2. The van der Waals surface area contributed by atoms with E-state index >= 15 is 0 Å². The highest BCUT2D eigenvalue weighted by atomic mass is 127. The lowest BCUT2D eigenvalue weighted by molar-refractivity contribution is -0.149. The molecule has 0 saturated carbocycles. The Morgan fingerprint density at radius 2 is 1.86 bits per heavy atom. The Morgan fingerprint density at radius 1 is 1.14 bits per heavy atom. The number of esters is 1. The summed E-state index contributed by atoms with van der Waals surface area (Å²) in [5.41, 5.74) is 5.39. The van der Waals surface area contributed by atoms with E-state index in [0.29, 0.717) is 13.2 Å². The van der Waals surface area contributed by atoms with E-state index in [-0.39, 0.29) is 47.7 Å². The van der Waals surface area contributed by atoms with Crippen molar-refractivity contribution in [1.82, 2.24) is 15.1 Å². The molecule has 0 aliphatic carbocycles. The van der Waals surface area contributed by atoms with E-state index in [9.17, 15) is 9.59 Å². The van der Waals surface area contributed by atoms with Crippen LogP contribution in [0, 0.1) is 11.8 Å². The van der Waals surface area contributed by atoms with Gasteiger partial charge in [0.2, 0.25) is 5.91 Å². The van der Waals surface area contributed by atoms with Gasteiger partial charge in [-0.15, -0.1) is 24.0 Å². The lowest BCUT2D eigenvalue weighted by atomic mass is 9.96. The largest absolute Gasteiger partial charge is 0.466 e. The Labute approximate surface area is 192 Å². The molecule has 2 fully saturated rings. The Bertz CT molecular complexity index is 538. The molecule has 0 aromatic rings. The molecule has 1 amide bonds. The van der Waals surface area contributed by atoms with Gasteiger partial charge >= 0.3 is 5.97 Å². The second-order valence-electron chi connectivity index (χ2n) is 7.74. The third kappa shape index (κ3) is 8.65. The van der Waals surface area contributed by atoms with Gasteiger partial charge in [0, 0.05) is 32.6 Å². The zero-order valence-corrected chi connectivity index (χ0v) is 20.2. The number of hydrogen-bond donors (Lipinski definition) is 2. The summed E-state index contributed by atoms with van der Waals surface area (Å²) in [5, 5.41) is 3.43. The number of piperidine rings is 2. The van der Waals surface area contributed by atoms with Crippen LogP contribution in [-0.2, 0) is 14.3 Å². The minimum atomic E-state index is -0.154. The first-order valence-electron chi connectivity index (χ1n) is 10.7. The maximum Gasteiger partial charge on any atom is 0.310 e. The zero-order valence-electron chi connectivity index (χ0n) is 17.9. The normalized spacial score (nSPS) is 21.4. The smallest absolute Gasteiger partial charge is 0.310 e.